The summed E-state index contributed by atoms with van der Waals surface area (Å²) in [4.78, 5) is 31.1. The van der Waals surface area contributed by atoms with E-state index in [0.717, 1.165) is 27.7 Å². The van der Waals surface area contributed by atoms with Gasteiger partial charge >= 0.3 is 0 Å². The fraction of sp³-hybridized carbons (Fsp3) is 0.261. The smallest absolute Gasteiger partial charge is 0.243 e. The summed E-state index contributed by atoms with van der Waals surface area (Å²) in [5.41, 5.74) is 4.35. The molecule has 1 N–H and O–H groups in total. The van der Waals surface area contributed by atoms with Crippen LogP contribution in [0, 0.1) is 13.8 Å². The van der Waals surface area contributed by atoms with E-state index in [-0.39, 0.29) is 24.8 Å². The van der Waals surface area contributed by atoms with E-state index in [9.17, 15) is 9.59 Å². The van der Waals surface area contributed by atoms with E-state index in [2.05, 4.69) is 10.3 Å². The molecular formula is C23H25N3O3. The molecule has 0 aliphatic carbocycles. The summed E-state index contributed by atoms with van der Waals surface area (Å²) < 4.78 is 5.15. The van der Waals surface area contributed by atoms with Crippen LogP contribution in [0.4, 0.5) is 5.69 Å². The normalized spacial score (nSPS) is 10.6. The molecule has 0 bridgehead atoms. The Morgan fingerprint density at radius 3 is 2.62 bits per heavy atom. The van der Waals surface area contributed by atoms with Crippen LogP contribution in [0.25, 0.3) is 10.9 Å². The Bertz CT molecular complexity index is 1060. The predicted molar refractivity (Wildman–Crippen MR) is 114 cm³/mol. The first-order valence-corrected chi connectivity index (χ1v) is 9.41. The molecule has 1 heterocycles. The zero-order chi connectivity index (χ0) is 21.0. The van der Waals surface area contributed by atoms with Crippen molar-refractivity contribution in [3.05, 3.63) is 65.4 Å². The van der Waals surface area contributed by atoms with Crippen LogP contribution in [0.1, 0.15) is 16.8 Å². The van der Waals surface area contributed by atoms with Gasteiger partial charge in [-0.05, 0) is 43.2 Å². The number of nitrogens with one attached hydrogen (secondary N) is 1. The SMILES string of the molecule is COc1cccc(NC(=O)CN(C)C(=O)Cc2c(C)nc3ccccc3c2C)c1. The average Bonchev–Trinajstić information content (AvgIpc) is 2.70. The van der Waals surface area contributed by atoms with E-state index in [4.69, 9.17) is 4.74 Å². The topological polar surface area (TPSA) is 71.5 Å². The van der Waals surface area contributed by atoms with Crippen molar-refractivity contribution >= 4 is 28.4 Å². The van der Waals surface area contributed by atoms with Gasteiger partial charge in [0.25, 0.3) is 0 Å². The quantitative estimate of drug-likeness (QED) is 0.698. The molecule has 0 aliphatic rings. The van der Waals surface area contributed by atoms with Crippen LogP contribution < -0.4 is 10.1 Å². The van der Waals surface area contributed by atoms with Crippen LogP contribution in [-0.4, -0.2) is 42.4 Å². The first-order valence-electron chi connectivity index (χ1n) is 9.41. The fourth-order valence-electron chi connectivity index (χ4n) is 3.32. The number of aromatic nitrogens is 1. The number of carbonyl (C=O) groups excluding carboxylic acids is 2. The van der Waals surface area contributed by atoms with Gasteiger partial charge in [0.15, 0.2) is 0 Å². The molecule has 29 heavy (non-hydrogen) atoms. The lowest BCUT2D eigenvalue weighted by atomic mass is 9.99. The van der Waals surface area contributed by atoms with Gasteiger partial charge < -0.3 is 15.0 Å². The number of para-hydroxylation sites is 1. The Labute approximate surface area is 170 Å². The number of fused-ring (bicyclic) bond motifs is 1. The van der Waals surface area contributed by atoms with Crippen molar-refractivity contribution < 1.29 is 14.3 Å². The third-order valence-electron chi connectivity index (χ3n) is 4.97. The highest BCUT2D eigenvalue weighted by Crippen LogP contribution is 2.23. The van der Waals surface area contributed by atoms with E-state index in [1.54, 1.807) is 38.4 Å². The summed E-state index contributed by atoms with van der Waals surface area (Å²) in [5, 5.41) is 3.83. The second-order valence-electron chi connectivity index (χ2n) is 7.02. The molecule has 6 nitrogen and oxygen atoms in total. The molecule has 1 aromatic heterocycles. The number of anilines is 1. The molecule has 0 spiro atoms. The first-order chi connectivity index (χ1) is 13.9. The van der Waals surface area contributed by atoms with Gasteiger partial charge in [-0.1, -0.05) is 24.3 Å². The Kier molecular flexibility index (Phi) is 6.12. The predicted octanol–water partition coefficient (Wildman–Crippen LogP) is 3.50. The molecule has 3 aromatic rings. The molecule has 150 valence electrons. The molecule has 0 saturated carbocycles. The van der Waals surface area contributed by atoms with Gasteiger partial charge in [0.05, 0.1) is 25.6 Å². The zero-order valence-electron chi connectivity index (χ0n) is 17.2. The Balaban J connectivity index is 1.67. The molecule has 0 saturated heterocycles. The monoisotopic (exact) mass is 391 g/mol. The molecule has 0 aliphatic heterocycles. The number of carbonyl (C=O) groups is 2. The number of hydrogen-bond acceptors (Lipinski definition) is 4. The number of nitrogens with zero attached hydrogens (tertiary/aromatic N) is 2. The minimum Gasteiger partial charge on any atom is -0.497 e. The summed E-state index contributed by atoms with van der Waals surface area (Å²) >= 11 is 0. The van der Waals surface area contributed by atoms with E-state index in [1.165, 1.54) is 4.90 Å². The van der Waals surface area contributed by atoms with Crippen LogP contribution in [-0.2, 0) is 16.0 Å². The maximum Gasteiger partial charge on any atom is 0.243 e. The lowest BCUT2D eigenvalue weighted by Gasteiger charge is -2.19. The largest absolute Gasteiger partial charge is 0.497 e. The zero-order valence-corrected chi connectivity index (χ0v) is 17.2. The summed E-state index contributed by atoms with van der Waals surface area (Å²) in [6.45, 7) is 3.89. The van der Waals surface area contributed by atoms with Crippen molar-refractivity contribution in [2.75, 3.05) is 26.0 Å². The lowest BCUT2D eigenvalue weighted by Crippen LogP contribution is -2.36. The third-order valence-corrected chi connectivity index (χ3v) is 4.97. The molecule has 6 heteroatoms. The number of hydrogen-bond donors (Lipinski definition) is 1. The van der Waals surface area contributed by atoms with Crippen LogP contribution >= 0.6 is 0 Å². The van der Waals surface area contributed by atoms with E-state index >= 15 is 0 Å². The van der Waals surface area contributed by atoms with Gasteiger partial charge in [-0.25, -0.2) is 0 Å². The number of rotatable bonds is 6. The minimum absolute atomic E-state index is 0.0326. The second-order valence-corrected chi connectivity index (χ2v) is 7.02. The van der Waals surface area contributed by atoms with Crippen LogP contribution in [0.2, 0.25) is 0 Å². The van der Waals surface area contributed by atoms with Crippen molar-refractivity contribution in [3.8, 4) is 5.75 Å². The van der Waals surface area contributed by atoms with Gasteiger partial charge in [-0.15, -0.1) is 0 Å². The fourth-order valence-corrected chi connectivity index (χ4v) is 3.32. The summed E-state index contributed by atoms with van der Waals surface area (Å²) in [6, 6.07) is 15.0. The highest BCUT2D eigenvalue weighted by molar-refractivity contribution is 5.95. The van der Waals surface area contributed by atoms with Crippen LogP contribution in [0.5, 0.6) is 5.75 Å². The Hall–Kier alpha value is -3.41. The molecule has 2 aromatic carbocycles. The van der Waals surface area contributed by atoms with E-state index < -0.39 is 0 Å². The van der Waals surface area contributed by atoms with Gasteiger partial charge in [0.2, 0.25) is 11.8 Å². The van der Waals surface area contributed by atoms with E-state index in [0.29, 0.717) is 11.4 Å². The van der Waals surface area contributed by atoms with Crippen molar-refractivity contribution in [3.63, 3.8) is 0 Å². The number of benzene rings is 2. The van der Waals surface area contributed by atoms with Crippen molar-refractivity contribution in [2.45, 2.75) is 20.3 Å². The number of amides is 2. The highest BCUT2D eigenvalue weighted by atomic mass is 16.5. The number of ether oxygens (including phenoxy) is 1. The standard InChI is InChI=1S/C23H25N3O3/c1-15-19-10-5-6-11-21(19)24-16(2)20(15)13-23(28)26(3)14-22(27)25-17-8-7-9-18(12-17)29-4/h5-12H,13-14H2,1-4H3,(H,25,27). The van der Waals surface area contributed by atoms with Gasteiger partial charge in [0.1, 0.15) is 5.75 Å². The van der Waals surface area contributed by atoms with Gasteiger partial charge in [-0.2, -0.15) is 0 Å². The van der Waals surface area contributed by atoms with Crippen molar-refractivity contribution in [1.29, 1.82) is 0 Å². The van der Waals surface area contributed by atoms with Crippen molar-refractivity contribution in [2.24, 2.45) is 0 Å². The maximum atomic E-state index is 12.7. The van der Waals surface area contributed by atoms with E-state index in [1.807, 2.05) is 38.1 Å². The molecule has 3 rings (SSSR count). The summed E-state index contributed by atoms with van der Waals surface area (Å²) in [6.07, 6.45) is 0.207. The highest BCUT2D eigenvalue weighted by Gasteiger charge is 2.18. The number of methoxy groups -OCH3 is 1. The minimum atomic E-state index is -0.265. The maximum absolute atomic E-state index is 12.7. The number of likely N-dealkylation sites (N-methyl/N-ethyl adjacent to an activating group) is 1. The summed E-state index contributed by atoms with van der Waals surface area (Å²) in [5.74, 6) is 0.259. The molecule has 0 fully saturated rings. The van der Waals surface area contributed by atoms with Gasteiger partial charge in [-0.3, -0.25) is 14.6 Å². The number of aryl methyl sites for hydroxylation is 2. The van der Waals surface area contributed by atoms with Crippen LogP contribution in [0.3, 0.4) is 0 Å². The Morgan fingerprint density at radius 2 is 1.86 bits per heavy atom. The van der Waals surface area contributed by atoms with Gasteiger partial charge in [0, 0.05) is 29.9 Å². The van der Waals surface area contributed by atoms with Crippen LogP contribution in [0.15, 0.2) is 48.5 Å². The van der Waals surface area contributed by atoms with Crippen molar-refractivity contribution in [1.82, 2.24) is 9.88 Å². The summed E-state index contributed by atoms with van der Waals surface area (Å²) in [7, 11) is 3.20. The molecule has 2 amide bonds. The second kappa shape index (κ2) is 8.73. The molecular weight excluding hydrogens is 366 g/mol. The molecule has 0 atom stereocenters. The first kappa shape index (κ1) is 20.3. The number of pyridine rings is 1. The Morgan fingerprint density at radius 1 is 1.10 bits per heavy atom. The lowest BCUT2D eigenvalue weighted by molar-refractivity contribution is -0.132. The molecule has 0 unspecified atom stereocenters. The molecule has 0 radical (unpaired) electrons. The average molecular weight is 391 g/mol. The third kappa shape index (κ3) is 4.71.